The van der Waals surface area contributed by atoms with Gasteiger partial charge in [0.15, 0.2) is 0 Å². The van der Waals surface area contributed by atoms with Gasteiger partial charge in [-0.05, 0) is 18.8 Å². The van der Waals surface area contributed by atoms with E-state index in [4.69, 9.17) is 10.5 Å². The highest BCUT2D eigenvalue weighted by Gasteiger charge is 2.30. The number of morpholine rings is 1. The van der Waals surface area contributed by atoms with Gasteiger partial charge in [0.2, 0.25) is 5.91 Å². The number of nitrogens with two attached hydrogens (primary N) is 1. The molecule has 2 aliphatic rings. The van der Waals surface area contributed by atoms with Crippen LogP contribution >= 0.6 is 12.4 Å². The molecule has 1 saturated carbocycles. The van der Waals surface area contributed by atoms with Gasteiger partial charge in [0.1, 0.15) is 0 Å². The largest absolute Gasteiger partial charge is 0.374 e. The number of nitrogens with zero attached hydrogens (tertiary/aromatic N) is 1. The molecule has 0 radical (unpaired) electrons. The van der Waals surface area contributed by atoms with Gasteiger partial charge < -0.3 is 15.4 Å². The molecule has 1 aliphatic heterocycles. The van der Waals surface area contributed by atoms with Gasteiger partial charge in [0, 0.05) is 13.1 Å². The lowest BCUT2D eigenvalue weighted by Crippen LogP contribution is -2.50. The zero-order chi connectivity index (χ0) is 11.4. The molecule has 1 saturated heterocycles. The van der Waals surface area contributed by atoms with Gasteiger partial charge in [0.25, 0.3) is 0 Å². The third-order valence-electron chi connectivity index (χ3n) is 3.80. The van der Waals surface area contributed by atoms with E-state index in [-0.39, 0.29) is 31.0 Å². The highest BCUT2D eigenvalue weighted by molar-refractivity contribution is 5.85. The fourth-order valence-electron chi connectivity index (χ4n) is 2.82. The van der Waals surface area contributed by atoms with Gasteiger partial charge in [-0.25, -0.2) is 0 Å². The van der Waals surface area contributed by atoms with Gasteiger partial charge in [-0.15, -0.1) is 12.4 Å². The average Bonchev–Trinajstić information content (AvgIpc) is 2.39. The van der Waals surface area contributed by atoms with Crippen LogP contribution in [0.2, 0.25) is 0 Å². The van der Waals surface area contributed by atoms with Crippen molar-refractivity contribution in [1.82, 2.24) is 4.90 Å². The lowest BCUT2D eigenvalue weighted by molar-refractivity contribution is -0.140. The van der Waals surface area contributed by atoms with Crippen molar-refractivity contribution >= 4 is 18.3 Å². The summed E-state index contributed by atoms with van der Waals surface area (Å²) >= 11 is 0. The Morgan fingerprint density at radius 2 is 2.00 bits per heavy atom. The van der Waals surface area contributed by atoms with E-state index in [1.807, 2.05) is 4.90 Å². The van der Waals surface area contributed by atoms with Gasteiger partial charge in [0.05, 0.1) is 19.3 Å². The average molecular weight is 263 g/mol. The van der Waals surface area contributed by atoms with Crippen LogP contribution in [0, 0.1) is 5.92 Å². The van der Waals surface area contributed by atoms with Crippen LogP contribution in [0.5, 0.6) is 0 Å². The first-order chi connectivity index (χ1) is 7.81. The van der Waals surface area contributed by atoms with Gasteiger partial charge in [-0.1, -0.05) is 19.3 Å². The Hall–Kier alpha value is -0.320. The molecule has 17 heavy (non-hydrogen) atoms. The number of rotatable bonds is 2. The number of carbonyl (C=O) groups is 1. The first kappa shape index (κ1) is 14.7. The summed E-state index contributed by atoms with van der Waals surface area (Å²) in [6.45, 7) is 2.25. The number of halogens is 1. The maximum Gasteiger partial charge on any atom is 0.236 e. The van der Waals surface area contributed by atoms with Crippen molar-refractivity contribution in [2.75, 3.05) is 26.2 Å². The monoisotopic (exact) mass is 262 g/mol. The Bertz CT molecular complexity index is 245. The van der Waals surface area contributed by atoms with Gasteiger partial charge >= 0.3 is 0 Å². The Labute approximate surface area is 109 Å². The minimum atomic E-state index is 0. The van der Waals surface area contributed by atoms with Crippen molar-refractivity contribution in [2.24, 2.45) is 11.7 Å². The molecule has 4 nitrogen and oxygen atoms in total. The predicted octanol–water partition coefficient (Wildman–Crippen LogP) is 1.17. The van der Waals surface area contributed by atoms with E-state index in [1.54, 1.807) is 0 Å². The van der Waals surface area contributed by atoms with E-state index >= 15 is 0 Å². The summed E-state index contributed by atoms with van der Waals surface area (Å²) < 4.78 is 5.81. The Morgan fingerprint density at radius 3 is 2.65 bits per heavy atom. The number of hydrogen-bond acceptors (Lipinski definition) is 3. The minimum absolute atomic E-state index is 0. The van der Waals surface area contributed by atoms with Crippen LogP contribution in [0.3, 0.4) is 0 Å². The lowest BCUT2D eigenvalue weighted by atomic mass is 9.84. The number of ether oxygens (including phenoxy) is 1. The summed E-state index contributed by atoms with van der Waals surface area (Å²) in [7, 11) is 0. The Kier molecular flexibility index (Phi) is 6.23. The summed E-state index contributed by atoms with van der Waals surface area (Å²) in [5, 5.41) is 0. The molecule has 100 valence electrons. The molecule has 2 fully saturated rings. The second-order valence-electron chi connectivity index (χ2n) is 4.85. The first-order valence-corrected chi connectivity index (χ1v) is 6.40. The molecule has 1 atom stereocenters. The molecule has 0 aromatic rings. The van der Waals surface area contributed by atoms with Crippen LogP contribution in [0.25, 0.3) is 0 Å². The van der Waals surface area contributed by atoms with Crippen molar-refractivity contribution in [3.63, 3.8) is 0 Å². The molecule has 1 amide bonds. The van der Waals surface area contributed by atoms with Gasteiger partial charge in [-0.2, -0.15) is 0 Å². The summed E-state index contributed by atoms with van der Waals surface area (Å²) in [4.78, 5) is 13.4. The van der Waals surface area contributed by atoms with Crippen molar-refractivity contribution in [3.8, 4) is 0 Å². The minimum Gasteiger partial charge on any atom is -0.374 e. The highest BCUT2D eigenvalue weighted by atomic mass is 35.5. The SMILES string of the molecule is Cl.NCC(=O)N1CCOC(C2CCCCC2)C1. The zero-order valence-corrected chi connectivity index (χ0v) is 11.1. The summed E-state index contributed by atoms with van der Waals surface area (Å²) in [5.74, 6) is 0.714. The van der Waals surface area contributed by atoms with E-state index in [0.717, 1.165) is 6.54 Å². The maximum atomic E-state index is 11.5. The van der Waals surface area contributed by atoms with Crippen LogP contribution < -0.4 is 5.73 Å². The molecule has 2 N–H and O–H groups in total. The maximum absolute atomic E-state index is 11.5. The zero-order valence-electron chi connectivity index (χ0n) is 10.3. The molecule has 0 aromatic heterocycles. The summed E-state index contributed by atoms with van der Waals surface area (Å²) in [6, 6.07) is 0. The standard InChI is InChI=1S/C12H22N2O2.ClH/c13-8-12(15)14-6-7-16-11(9-14)10-4-2-1-3-5-10;/h10-11H,1-9,13H2;1H. The van der Waals surface area contributed by atoms with Crippen LogP contribution in [-0.2, 0) is 9.53 Å². The summed E-state index contributed by atoms with van der Waals surface area (Å²) in [6.07, 6.45) is 6.76. The molecule has 5 heteroatoms. The quantitative estimate of drug-likeness (QED) is 0.813. The fraction of sp³-hybridized carbons (Fsp3) is 0.917. The third kappa shape index (κ3) is 3.83. The van der Waals surface area contributed by atoms with Crippen LogP contribution in [-0.4, -0.2) is 43.2 Å². The second kappa shape index (κ2) is 7.19. The highest BCUT2D eigenvalue weighted by Crippen LogP contribution is 2.29. The Morgan fingerprint density at radius 1 is 1.29 bits per heavy atom. The number of hydrogen-bond donors (Lipinski definition) is 1. The van der Waals surface area contributed by atoms with Crippen LogP contribution in [0.1, 0.15) is 32.1 Å². The van der Waals surface area contributed by atoms with E-state index in [9.17, 15) is 4.79 Å². The normalized spacial score (nSPS) is 26.4. The fourth-order valence-corrected chi connectivity index (χ4v) is 2.82. The first-order valence-electron chi connectivity index (χ1n) is 6.40. The predicted molar refractivity (Wildman–Crippen MR) is 69.2 cm³/mol. The van der Waals surface area contributed by atoms with Crippen molar-refractivity contribution < 1.29 is 9.53 Å². The molecule has 0 aromatic carbocycles. The molecule has 1 aliphatic carbocycles. The van der Waals surface area contributed by atoms with E-state index in [1.165, 1.54) is 32.1 Å². The second-order valence-corrected chi connectivity index (χ2v) is 4.85. The summed E-state index contributed by atoms with van der Waals surface area (Å²) in [5.41, 5.74) is 5.39. The Balaban J connectivity index is 0.00000144. The number of amides is 1. The van der Waals surface area contributed by atoms with E-state index < -0.39 is 0 Å². The van der Waals surface area contributed by atoms with Crippen molar-refractivity contribution in [2.45, 2.75) is 38.2 Å². The van der Waals surface area contributed by atoms with Crippen LogP contribution in [0.4, 0.5) is 0 Å². The van der Waals surface area contributed by atoms with Gasteiger partial charge in [-0.3, -0.25) is 4.79 Å². The molecular formula is C12H23ClN2O2. The van der Waals surface area contributed by atoms with Crippen molar-refractivity contribution in [3.05, 3.63) is 0 Å². The molecule has 1 unspecified atom stereocenters. The van der Waals surface area contributed by atoms with Crippen molar-refractivity contribution in [1.29, 1.82) is 0 Å². The molecule has 1 heterocycles. The molecule has 0 spiro atoms. The smallest absolute Gasteiger partial charge is 0.236 e. The van der Waals surface area contributed by atoms with E-state index in [2.05, 4.69) is 0 Å². The van der Waals surface area contributed by atoms with E-state index in [0.29, 0.717) is 19.1 Å². The third-order valence-corrected chi connectivity index (χ3v) is 3.80. The molecule has 2 rings (SSSR count). The number of carbonyl (C=O) groups excluding carboxylic acids is 1. The van der Waals surface area contributed by atoms with Crippen LogP contribution in [0.15, 0.2) is 0 Å². The lowest BCUT2D eigenvalue weighted by Gasteiger charge is -2.38. The molecule has 0 bridgehead atoms. The topological polar surface area (TPSA) is 55.6 Å². The molecular weight excluding hydrogens is 240 g/mol.